The van der Waals surface area contributed by atoms with Crippen LogP contribution in [0.1, 0.15) is 24.5 Å². The highest BCUT2D eigenvalue weighted by atomic mass is 15.1. The van der Waals surface area contributed by atoms with Crippen LogP contribution >= 0.6 is 0 Å². The third-order valence-corrected chi connectivity index (χ3v) is 2.91. The van der Waals surface area contributed by atoms with Gasteiger partial charge >= 0.3 is 0 Å². The lowest BCUT2D eigenvalue weighted by Gasteiger charge is -2.18. The highest BCUT2D eigenvalue weighted by Crippen LogP contribution is 2.11. The van der Waals surface area contributed by atoms with Gasteiger partial charge in [0.1, 0.15) is 0 Å². The zero-order valence-corrected chi connectivity index (χ0v) is 10.8. The van der Waals surface area contributed by atoms with E-state index >= 15 is 0 Å². The van der Waals surface area contributed by atoms with Crippen molar-refractivity contribution in [2.75, 3.05) is 27.2 Å². The average Bonchev–Trinajstić information content (AvgIpc) is 2.30. The van der Waals surface area contributed by atoms with Gasteiger partial charge in [-0.1, -0.05) is 31.2 Å². The van der Waals surface area contributed by atoms with Crippen molar-refractivity contribution < 1.29 is 0 Å². The highest BCUT2D eigenvalue weighted by molar-refractivity contribution is 5.26. The third kappa shape index (κ3) is 4.33. The first-order chi connectivity index (χ1) is 7.77. The van der Waals surface area contributed by atoms with E-state index in [1.807, 2.05) is 7.05 Å². The largest absolute Gasteiger partial charge is 0.320 e. The molecule has 0 bridgehead atoms. The topological polar surface area (TPSA) is 15.3 Å². The molecule has 1 N–H and O–H groups in total. The van der Waals surface area contributed by atoms with Gasteiger partial charge in [-0.15, -0.1) is 0 Å². The number of nitrogens with zero attached hydrogens (tertiary/aromatic N) is 1. The summed E-state index contributed by atoms with van der Waals surface area (Å²) in [5, 5.41) is 3.18. The summed E-state index contributed by atoms with van der Waals surface area (Å²) in [7, 11) is 4.20. The second kappa shape index (κ2) is 7.42. The van der Waals surface area contributed by atoms with E-state index in [-0.39, 0.29) is 0 Å². The lowest BCUT2D eigenvalue weighted by molar-refractivity contribution is 0.320. The summed E-state index contributed by atoms with van der Waals surface area (Å²) in [6.07, 6.45) is 2.34. The van der Waals surface area contributed by atoms with Crippen molar-refractivity contribution in [3.05, 3.63) is 35.4 Å². The first kappa shape index (κ1) is 13.2. The van der Waals surface area contributed by atoms with Crippen LogP contribution in [-0.4, -0.2) is 32.1 Å². The molecule has 0 spiro atoms. The molecule has 0 radical (unpaired) electrons. The monoisotopic (exact) mass is 220 g/mol. The Morgan fingerprint density at radius 2 is 1.88 bits per heavy atom. The molecule has 0 aliphatic carbocycles. The van der Waals surface area contributed by atoms with Gasteiger partial charge in [0.15, 0.2) is 0 Å². The van der Waals surface area contributed by atoms with Crippen LogP contribution in [0, 0.1) is 0 Å². The molecule has 90 valence electrons. The first-order valence-corrected chi connectivity index (χ1v) is 6.17. The van der Waals surface area contributed by atoms with Crippen LogP contribution in [0.3, 0.4) is 0 Å². The van der Waals surface area contributed by atoms with Crippen molar-refractivity contribution in [2.45, 2.75) is 26.3 Å². The van der Waals surface area contributed by atoms with Crippen molar-refractivity contribution in [3.8, 4) is 0 Å². The maximum absolute atomic E-state index is 3.18. The lowest BCUT2D eigenvalue weighted by atomic mass is 10.1. The molecule has 0 aromatic heterocycles. The molecule has 0 unspecified atom stereocenters. The van der Waals surface area contributed by atoms with Crippen LogP contribution in [0.25, 0.3) is 0 Å². The van der Waals surface area contributed by atoms with Gasteiger partial charge in [0.2, 0.25) is 0 Å². The quantitative estimate of drug-likeness (QED) is 0.709. The number of benzene rings is 1. The smallest absolute Gasteiger partial charge is 0.0233 e. The SMILES string of the molecule is CCc1ccccc1CN(C)CCCNC. The number of aryl methyl sites for hydroxylation is 1. The van der Waals surface area contributed by atoms with Crippen molar-refractivity contribution >= 4 is 0 Å². The van der Waals surface area contributed by atoms with Crippen molar-refractivity contribution in [1.82, 2.24) is 10.2 Å². The fraction of sp³-hybridized carbons (Fsp3) is 0.571. The third-order valence-electron chi connectivity index (χ3n) is 2.91. The second-order valence-corrected chi connectivity index (χ2v) is 4.32. The number of rotatable bonds is 7. The Bertz CT molecular complexity index is 297. The van der Waals surface area contributed by atoms with E-state index in [1.54, 1.807) is 0 Å². The van der Waals surface area contributed by atoms with E-state index in [4.69, 9.17) is 0 Å². The van der Waals surface area contributed by atoms with E-state index in [0.29, 0.717) is 0 Å². The molecule has 0 fully saturated rings. The van der Waals surface area contributed by atoms with Crippen LogP contribution in [0.5, 0.6) is 0 Å². The van der Waals surface area contributed by atoms with Crippen LogP contribution < -0.4 is 5.32 Å². The van der Waals surface area contributed by atoms with Crippen LogP contribution in [-0.2, 0) is 13.0 Å². The van der Waals surface area contributed by atoms with Gasteiger partial charge in [0, 0.05) is 6.54 Å². The normalized spacial score (nSPS) is 11.0. The van der Waals surface area contributed by atoms with Crippen molar-refractivity contribution in [1.29, 1.82) is 0 Å². The van der Waals surface area contributed by atoms with Gasteiger partial charge in [-0.2, -0.15) is 0 Å². The first-order valence-electron chi connectivity index (χ1n) is 6.17. The minimum Gasteiger partial charge on any atom is -0.320 e. The molecular weight excluding hydrogens is 196 g/mol. The summed E-state index contributed by atoms with van der Waals surface area (Å²) in [6, 6.07) is 8.74. The average molecular weight is 220 g/mol. The summed E-state index contributed by atoms with van der Waals surface area (Å²) in [5.41, 5.74) is 2.94. The predicted molar refractivity (Wildman–Crippen MR) is 70.7 cm³/mol. The van der Waals surface area contributed by atoms with Crippen molar-refractivity contribution in [3.63, 3.8) is 0 Å². The van der Waals surface area contributed by atoms with Crippen LogP contribution in [0.15, 0.2) is 24.3 Å². The second-order valence-electron chi connectivity index (χ2n) is 4.32. The Labute approximate surface area is 99.7 Å². The molecule has 1 aromatic rings. The fourth-order valence-corrected chi connectivity index (χ4v) is 1.95. The van der Waals surface area contributed by atoms with Gasteiger partial charge in [0.05, 0.1) is 0 Å². The van der Waals surface area contributed by atoms with Gasteiger partial charge in [-0.05, 0) is 51.2 Å². The highest BCUT2D eigenvalue weighted by Gasteiger charge is 2.03. The Balaban J connectivity index is 2.45. The summed E-state index contributed by atoms with van der Waals surface area (Å²) in [4.78, 5) is 2.39. The van der Waals surface area contributed by atoms with Gasteiger partial charge in [-0.25, -0.2) is 0 Å². The maximum Gasteiger partial charge on any atom is 0.0233 e. The molecule has 16 heavy (non-hydrogen) atoms. The Morgan fingerprint density at radius 1 is 1.19 bits per heavy atom. The summed E-state index contributed by atoms with van der Waals surface area (Å²) in [6.45, 7) is 5.53. The summed E-state index contributed by atoms with van der Waals surface area (Å²) in [5.74, 6) is 0. The van der Waals surface area contributed by atoms with Gasteiger partial charge < -0.3 is 10.2 Å². The molecule has 0 aliphatic rings. The Hall–Kier alpha value is -0.860. The molecule has 1 aromatic carbocycles. The molecule has 0 saturated heterocycles. The molecule has 2 nitrogen and oxygen atoms in total. The minimum atomic E-state index is 1.06. The molecule has 0 atom stereocenters. The standard InChI is InChI=1S/C14H24N2/c1-4-13-8-5-6-9-14(13)12-16(3)11-7-10-15-2/h5-6,8-9,15H,4,7,10-12H2,1-3H3. The predicted octanol–water partition coefficient (Wildman–Crippen LogP) is 2.29. The summed E-state index contributed by atoms with van der Waals surface area (Å²) < 4.78 is 0. The van der Waals surface area contributed by atoms with Gasteiger partial charge in [0.25, 0.3) is 0 Å². The molecule has 2 heteroatoms. The van der Waals surface area contributed by atoms with Gasteiger partial charge in [-0.3, -0.25) is 0 Å². The molecule has 1 rings (SSSR count). The van der Waals surface area contributed by atoms with E-state index in [9.17, 15) is 0 Å². The molecule has 0 aliphatic heterocycles. The van der Waals surface area contributed by atoms with Crippen LogP contribution in [0.2, 0.25) is 0 Å². The van der Waals surface area contributed by atoms with Crippen molar-refractivity contribution in [2.24, 2.45) is 0 Å². The zero-order valence-electron chi connectivity index (χ0n) is 10.8. The number of nitrogens with one attached hydrogen (secondary N) is 1. The molecular formula is C14H24N2. The zero-order chi connectivity index (χ0) is 11.8. The lowest BCUT2D eigenvalue weighted by Crippen LogP contribution is -2.22. The van der Waals surface area contributed by atoms with E-state index in [0.717, 1.165) is 26.1 Å². The Kier molecular flexibility index (Phi) is 6.12. The van der Waals surface area contributed by atoms with E-state index in [1.165, 1.54) is 17.5 Å². The molecule has 0 heterocycles. The summed E-state index contributed by atoms with van der Waals surface area (Å²) >= 11 is 0. The number of hydrogen-bond acceptors (Lipinski definition) is 2. The maximum atomic E-state index is 3.18. The number of hydrogen-bond donors (Lipinski definition) is 1. The van der Waals surface area contributed by atoms with E-state index < -0.39 is 0 Å². The fourth-order valence-electron chi connectivity index (χ4n) is 1.95. The molecule has 0 saturated carbocycles. The van der Waals surface area contributed by atoms with Crippen LogP contribution in [0.4, 0.5) is 0 Å². The van der Waals surface area contributed by atoms with E-state index in [2.05, 4.69) is 48.5 Å². The minimum absolute atomic E-state index is 1.06. The Morgan fingerprint density at radius 3 is 2.50 bits per heavy atom. The molecule has 0 amide bonds.